The number of ether oxygens (including phenoxy) is 2. The summed E-state index contributed by atoms with van der Waals surface area (Å²) in [5.41, 5.74) is 1.04. The van der Waals surface area contributed by atoms with Crippen LogP contribution >= 0.6 is 0 Å². The van der Waals surface area contributed by atoms with Gasteiger partial charge >= 0.3 is 0 Å². The Morgan fingerprint density at radius 1 is 0.682 bits per heavy atom. The molecule has 0 N–H and O–H groups in total. The summed E-state index contributed by atoms with van der Waals surface area (Å²) in [6.45, 7) is 0.674. The second-order valence-electron chi connectivity index (χ2n) is 4.40. The topological polar surface area (TPSA) is 52.6 Å². The van der Waals surface area contributed by atoms with Crippen LogP contribution in [-0.2, 0) is 0 Å². The van der Waals surface area contributed by atoms with E-state index in [1.807, 2.05) is 12.1 Å². The second-order valence-corrected chi connectivity index (χ2v) is 4.40. The van der Waals surface area contributed by atoms with Gasteiger partial charge in [-0.25, -0.2) is 0 Å². The number of rotatable bonds is 8. The third-order valence-corrected chi connectivity index (χ3v) is 2.93. The van der Waals surface area contributed by atoms with Crippen molar-refractivity contribution in [3.05, 3.63) is 71.8 Å². The Labute approximate surface area is 129 Å². The molecule has 0 aromatic heterocycles. The molecule has 0 aliphatic heterocycles. The Morgan fingerprint density at radius 3 is 1.50 bits per heavy atom. The normalized spacial score (nSPS) is 10.4. The zero-order valence-electron chi connectivity index (χ0n) is 12.0. The summed E-state index contributed by atoms with van der Waals surface area (Å²) in [6.07, 6.45) is 5.12. The molecule has 112 valence electrons. The summed E-state index contributed by atoms with van der Waals surface area (Å²) in [5, 5.41) is 0. The predicted octanol–water partition coefficient (Wildman–Crippen LogP) is 3.33. The molecule has 0 spiro atoms. The first-order valence-corrected chi connectivity index (χ1v) is 6.84. The third-order valence-electron chi connectivity index (χ3n) is 2.93. The van der Waals surface area contributed by atoms with Crippen molar-refractivity contribution in [1.82, 2.24) is 0 Å². The number of hydrogen-bond acceptors (Lipinski definition) is 4. The molecule has 2 aromatic rings. The van der Waals surface area contributed by atoms with E-state index in [0.29, 0.717) is 35.8 Å². The van der Waals surface area contributed by atoms with Crippen LogP contribution in [0.4, 0.5) is 0 Å². The van der Waals surface area contributed by atoms with E-state index < -0.39 is 0 Å². The second kappa shape index (κ2) is 8.42. The van der Waals surface area contributed by atoms with Crippen molar-refractivity contribution in [2.75, 3.05) is 13.2 Å². The van der Waals surface area contributed by atoms with Crippen LogP contribution in [0.15, 0.2) is 60.7 Å². The molecule has 22 heavy (non-hydrogen) atoms. The van der Waals surface area contributed by atoms with Crippen LogP contribution in [0, 0.1) is 0 Å². The molecule has 0 unspecified atom stereocenters. The van der Waals surface area contributed by atoms with Crippen LogP contribution in [-0.4, -0.2) is 25.8 Å². The number of carbonyl (C=O) groups is 2. The summed E-state index contributed by atoms with van der Waals surface area (Å²) >= 11 is 0. The van der Waals surface area contributed by atoms with E-state index in [9.17, 15) is 9.59 Å². The fraction of sp³-hybridized carbons (Fsp3) is 0.111. The minimum Gasteiger partial charge on any atom is -0.489 e. The molecule has 4 heteroatoms. The lowest BCUT2D eigenvalue weighted by Gasteiger charge is -2.06. The van der Waals surface area contributed by atoms with E-state index in [4.69, 9.17) is 9.47 Å². The van der Waals surface area contributed by atoms with Crippen molar-refractivity contribution in [2.45, 2.75) is 0 Å². The van der Waals surface area contributed by atoms with Crippen LogP contribution in [0.5, 0.6) is 11.5 Å². The number of hydrogen-bond donors (Lipinski definition) is 0. The first kappa shape index (κ1) is 15.5. The molecule has 0 amide bonds. The van der Waals surface area contributed by atoms with Crippen LogP contribution in [0.3, 0.4) is 0 Å². The fourth-order valence-electron chi connectivity index (χ4n) is 1.83. The van der Waals surface area contributed by atoms with Gasteiger partial charge in [-0.1, -0.05) is 24.3 Å². The van der Waals surface area contributed by atoms with Gasteiger partial charge in [0.1, 0.15) is 24.7 Å². The van der Waals surface area contributed by atoms with Crippen LogP contribution in [0.25, 0.3) is 0 Å². The van der Waals surface area contributed by atoms with Crippen molar-refractivity contribution in [3.63, 3.8) is 0 Å². The van der Waals surface area contributed by atoms with Gasteiger partial charge in [-0.2, -0.15) is 0 Å². The smallest absolute Gasteiger partial charge is 0.153 e. The fourth-order valence-corrected chi connectivity index (χ4v) is 1.83. The lowest BCUT2D eigenvalue weighted by molar-refractivity contribution is 0.111. The van der Waals surface area contributed by atoms with E-state index in [-0.39, 0.29) is 0 Å². The monoisotopic (exact) mass is 296 g/mol. The first-order valence-electron chi connectivity index (χ1n) is 6.84. The molecule has 0 heterocycles. The number of carbonyl (C=O) groups excluding carboxylic acids is 2. The number of para-hydroxylation sites is 2. The number of aldehydes is 2. The van der Waals surface area contributed by atoms with Gasteiger partial charge in [0.25, 0.3) is 0 Å². The minimum atomic E-state index is 0.337. The molecular weight excluding hydrogens is 280 g/mol. The van der Waals surface area contributed by atoms with Crippen molar-refractivity contribution in [3.8, 4) is 11.5 Å². The Kier molecular flexibility index (Phi) is 5.93. The first-order chi connectivity index (χ1) is 10.8. The van der Waals surface area contributed by atoms with E-state index in [2.05, 4.69) is 0 Å². The maximum Gasteiger partial charge on any atom is 0.153 e. The summed E-state index contributed by atoms with van der Waals surface area (Å²) in [7, 11) is 0. The maximum absolute atomic E-state index is 10.8. The van der Waals surface area contributed by atoms with Gasteiger partial charge < -0.3 is 9.47 Å². The molecule has 0 radical (unpaired) electrons. The molecule has 0 saturated carbocycles. The van der Waals surface area contributed by atoms with Gasteiger partial charge in [0.05, 0.1) is 11.1 Å². The SMILES string of the molecule is O=Cc1ccccc1OC/C=C\COc1ccccc1C=O. The quantitative estimate of drug-likeness (QED) is 0.554. The van der Waals surface area contributed by atoms with Crippen LogP contribution < -0.4 is 9.47 Å². The summed E-state index contributed by atoms with van der Waals surface area (Å²) in [4.78, 5) is 21.7. The molecule has 2 rings (SSSR count). The molecule has 4 nitrogen and oxygen atoms in total. The van der Waals surface area contributed by atoms with Gasteiger partial charge in [-0.05, 0) is 36.4 Å². The third kappa shape index (κ3) is 4.31. The zero-order chi connectivity index (χ0) is 15.6. The highest BCUT2D eigenvalue weighted by molar-refractivity contribution is 5.79. The molecule has 0 saturated heterocycles. The van der Waals surface area contributed by atoms with E-state index in [1.54, 1.807) is 48.6 Å². The Hall–Kier alpha value is -2.88. The van der Waals surface area contributed by atoms with E-state index >= 15 is 0 Å². The maximum atomic E-state index is 10.8. The lowest BCUT2D eigenvalue weighted by Crippen LogP contribution is -1.99. The van der Waals surface area contributed by atoms with Gasteiger partial charge in [0.2, 0.25) is 0 Å². The molecule has 0 bridgehead atoms. The average molecular weight is 296 g/mol. The highest BCUT2D eigenvalue weighted by Crippen LogP contribution is 2.16. The lowest BCUT2D eigenvalue weighted by atomic mass is 10.2. The Morgan fingerprint density at radius 2 is 1.09 bits per heavy atom. The van der Waals surface area contributed by atoms with Crippen molar-refractivity contribution < 1.29 is 19.1 Å². The van der Waals surface area contributed by atoms with E-state index in [1.165, 1.54) is 0 Å². The van der Waals surface area contributed by atoms with Crippen molar-refractivity contribution in [2.24, 2.45) is 0 Å². The van der Waals surface area contributed by atoms with Gasteiger partial charge in [0, 0.05) is 0 Å². The van der Waals surface area contributed by atoms with E-state index in [0.717, 1.165) is 12.6 Å². The number of benzene rings is 2. The predicted molar refractivity (Wildman–Crippen MR) is 83.8 cm³/mol. The summed E-state index contributed by atoms with van der Waals surface area (Å²) in [6, 6.07) is 14.1. The molecule has 0 fully saturated rings. The van der Waals surface area contributed by atoms with Gasteiger partial charge in [-0.15, -0.1) is 0 Å². The van der Waals surface area contributed by atoms with Crippen LogP contribution in [0.1, 0.15) is 20.7 Å². The van der Waals surface area contributed by atoms with Gasteiger partial charge in [0.15, 0.2) is 12.6 Å². The highest BCUT2D eigenvalue weighted by Gasteiger charge is 2.00. The minimum absolute atomic E-state index is 0.337. The molecule has 2 aromatic carbocycles. The molecule has 0 aliphatic carbocycles. The standard InChI is InChI=1S/C18H16O4/c19-13-15-7-1-3-9-17(15)21-11-5-6-12-22-18-10-4-2-8-16(18)14-20/h1-10,13-14H,11-12H2/b6-5-. The van der Waals surface area contributed by atoms with Gasteiger partial charge in [-0.3, -0.25) is 9.59 Å². The Bertz CT molecular complexity index is 604. The summed E-state index contributed by atoms with van der Waals surface area (Å²) in [5.74, 6) is 1.10. The van der Waals surface area contributed by atoms with Crippen molar-refractivity contribution >= 4 is 12.6 Å². The zero-order valence-corrected chi connectivity index (χ0v) is 12.0. The molecule has 0 aliphatic rings. The largest absolute Gasteiger partial charge is 0.489 e. The Balaban J connectivity index is 1.79. The van der Waals surface area contributed by atoms with Crippen LogP contribution in [0.2, 0.25) is 0 Å². The summed E-state index contributed by atoms with van der Waals surface area (Å²) < 4.78 is 11.0. The molecular formula is C18H16O4. The highest BCUT2D eigenvalue weighted by atomic mass is 16.5. The molecule has 0 atom stereocenters. The van der Waals surface area contributed by atoms with Crippen molar-refractivity contribution in [1.29, 1.82) is 0 Å². The average Bonchev–Trinajstić information content (AvgIpc) is 2.58.